The van der Waals surface area contributed by atoms with Gasteiger partial charge in [0, 0.05) is 23.7 Å². The summed E-state index contributed by atoms with van der Waals surface area (Å²) in [7, 11) is 1.57. The van der Waals surface area contributed by atoms with Gasteiger partial charge in [0.15, 0.2) is 5.65 Å². The molecule has 1 saturated carbocycles. The van der Waals surface area contributed by atoms with Crippen molar-refractivity contribution in [3.05, 3.63) is 46.6 Å². The van der Waals surface area contributed by atoms with Crippen molar-refractivity contribution >= 4 is 22.8 Å². The Kier molecular flexibility index (Phi) is 4.85. The fraction of sp³-hybridized carbons (Fsp3) is 0.400. The Balaban J connectivity index is 1.42. The van der Waals surface area contributed by atoms with Gasteiger partial charge in [-0.05, 0) is 50.8 Å². The number of H-pyrrole nitrogens is 1. The Hall–Kier alpha value is -3.16. The molecule has 0 saturated heterocycles. The molecular formula is C20H23N5O3. The number of carbonyl (C=O) groups excluding carboxylic acids is 1. The number of aromatic nitrogens is 4. The molecule has 1 aliphatic carbocycles. The summed E-state index contributed by atoms with van der Waals surface area (Å²) >= 11 is 0. The van der Waals surface area contributed by atoms with Crippen LogP contribution in [0.3, 0.4) is 0 Å². The van der Waals surface area contributed by atoms with Gasteiger partial charge in [0.05, 0.1) is 24.5 Å². The number of nitrogens with zero attached hydrogens (tertiary/aromatic N) is 3. The van der Waals surface area contributed by atoms with E-state index in [1.165, 1.54) is 0 Å². The molecule has 8 nitrogen and oxygen atoms in total. The van der Waals surface area contributed by atoms with Gasteiger partial charge in [-0.2, -0.15) is 0 Å². The molecule has 0 spiro atoms. The number of hydrogen-bond acceptors (Lipinski definition) is 5. The normalized spacial score (nSPS) is 19.5. The van der Waals surface area contributed by atoms with E-state index in [9.17, 15) is 9.59 Å². The molecule has 146 valence electrons. The van der Waals surface area contributed by atoms with Gasteiger partial charge >= 0.3 is 5.69 Å². The average Bonchev–Trinajstić information content (AvgIpc) is 3.04. The van der Waals surface area contributed by atoms with Gasteiger partial charge in [0.25, 0.3) is 0 Å². The van der Waals surface area contributed by atoms with Crippen molar-refractivity contribution < 1.29 is 9.53 Å². The van der Waals surface area contributed by atoms with Gasteiger partial charge in [0.1, 0.15) is 0 Å². The van der Waals surface area contributed by atoms with Crippen LogP contribution in [0.2, 0.25) is 0 Å². The zero-order valence-electron chi connectivity index (χ0n) is 15.9. The Morgan fingerprint density at radius 1 is 1.29 bits per heavy atom. The second-order valence-electron chi connectivity index (χ2n) is 7.22. The van der Waals surface area contributed by atoms with Crippen molar-refractivity contribution in [1.29, 1.82) is 0 Å². The Morgan fingerprint density at radius 2 is 2.07 bits per heavy atom. The smallest absolute Gasteiger partial charge is 0.327 e. The van der Waals surface area contributed by atoms with Gasteiger partial charge in [0.2, 0.25) is 11.8 Å². The molecule has 0 atom stereocenters. The predicted octanol–water partition coefficient (Wildman–Crippen LogP) is 2.81. The maximum Gasteiger partial charge on any atom is 0.327 e. The van der Waals surface area contributed by atoms with E-state index < -0.39 is 0 Å². The van der Waals surface area contributed by atoms with Crippen LogP contribution in [0.25, 0.3) is 11.2 Å². The maximum atomic E-state index is 12.7. The molecule has 3 heterocycles. The molecule has 3 aromatic rings. The molecule has 8 heteroatoms. The first-order valence-corrected chi connectivity index (χ1v) is 9.43. The summed E-state index contributed by atoms with van der Waals surface area (Å²) in [5.41, 5.74) is 2.83. The van der Waals surface area contributed by atoms with Gasteiger partial charge in [-0.15, -0.1) is 0 Å². The number of aromatic amines is 1. The van der Waals surface area contributed by atoms with E-state index in [4.69, 9.17) is 4.74 Å². The number of rotatable bonds is 4. The molecule has 4 rings (SSSR count). The van der Waals surface area contributed by atoms with E-state index in [2.05, 4.69) is 20.3 Å². The minimum absolute atomic E-state index is 0.00208. The van der Waals surface area contributed by atoms with E-state index in [0.717, 1.165) is 36.8 Å². The van der Waals surface area contributed by atoms with Crippen LogP contribution in [0.4, 0.5) is 5.69 Å². The number of pyridine rings is 2. The fourth-order valence-corrected chi connectivity index (χ4v) is 4.01. The number of fused-ring (bicyclic) bond motifs is 1. The van der Waals surface area contributed by atoms with Gasteiger partial charge < -0.3 is 10.1 Å². The Labute approximate surface area is 162 Å². The topological polar surface area (TPSA) is 102 Å². The lowest BCUT2D eigenvalue weighted by atomic mass is 9.85. The summed E-state index contributed by atoms with van der Waals surface area (Å²) in [5.74, 6) is 0.479. The molecule has 1 fully saturated rings. The number of ether oxygens (including phenoxy) is 1. The molecule has 2 N–H and O–H groups in total. The first-order chi connectivity index (χ1) is 13.6. The minimum Gasteiger partial charge on any atom is -0.481 e. The number of anilines is 1. The number of carbonyl (C=O) groups is 1. The van der Waals surface area contributed by atoms with Gasteiger partial charge in [-0.1, -0.05) is 0 Å². The fourth-order valence-electron chi connectivity index (χ4n) is 4.01. The molecule has 0 bridgehead atoms. The van der Waals surface area contributed by atoms with Crippen molar-refractivity contribution in [2.75, 3.05) is 12.4 Å². The molecule has 28 heavy (non-hydrogen) atoms. The summed E-state index contributed by atoms with van der Waals surface area (Å²) in [4.78, 5) is 36.2. The highest BCUT2D eigenvalue weighted by atomic mass is 16.5. The standard InChI is InChI=1S/C20H23N5O3/c1-12-10-14(11-22-19(12)28-2)23-18(26)13-5-7-15(8-6-13)25-16-4-3-9-21-17(16)24-20(25)27/h3-4,9-11,13,15H,5-8H2,1-2H3,(H,23,26)(H,21,24,27). The van der Waals surface area contributed by atoms with Crippen LogP contribution < -0.4 is 15.7 Å². The zero-order chi connectivity index (χ0) is 19.7. The Morgan fingerprint density at radius 3 is 2.79 bits per heavy atom. The van der Waals surface area contributed by atoms with Crippen LogP contribution in [-0.4, -0.2) is 32.5 Å². The second kappa shape index (κ2) is 7.46. The number of imidazole rings is 1. The lowest BCUT2D eigenvalue weighted by Crippen LogP contribution is -2.31. The molecule has 1 aliphatic rings. The lowest BCUT2D eigenvalue weighted by Gasteiger charge is -2.28. The van der Waals surface area contributed by atoms with Gasteiger partial charge in [-0.25, -0.2) is 14.8 Å². The molecular weight excluding hydrogens is 358 g/mol. The van der Waals surface area contributed by atoms with Crippen molar-refractivity contribution in [2.24, 2.45) is 5.92 Å². The second-order valence-corrected chi connectivity index (χ2v) is 7.22. The van der Waals surface area contributed by atoms with Crippen molar-refractivity contribution in [1.82, 2.24) is 19.5 Å². The van der Waals surface area contributed by atoms with E-state index in [1.54, 1.807) is 24.1 Å². The first kappa shape index (κ1) is 18.2. The highest BCUT2D eigenvalue weighted by Gasteiger charge is 2.29. The van der Waals surface area contributed by atoms with Gasteiger partial charge in [-0.3, -0.25) is 14.3 Å². The SMILES string of the molecule is COc1ncc(NC(=O)C2CCC(n3c(=O)[nH]c4ncccc43)CC2)cc1C. The molecule has 0 aliphatic heterocycles. The van der Waals surface area contributed by atoms with E-state index in [-0.39, 0.29) is 23.6 Å². The highest BCUT2D eigenvalue weighted by Crippen LogP contribution is 2.33. The Bertz CT molecular complexity index is 1060. The maximum absolute atomic E-state index is 12.7. The van der Waals surface area contributed by atoms with Crippen LogP contribution in [-0.2, 0) is 4.79 Å². The predicted molar refractivity (Wildman–Crippen MR) is 106 cm³/mol. The lowest BCUT2D eigenvalue weighted by molar-refractivity contribution is -0.121. The van der Waals surface area contributed by atoms with E-state index in [0.29, 0.717) is 17.2 Å². The molecule has 0 radical (unpaired) electrons. The van der Waals surface area contributed by atoms with Crippen molar-refractivity contribution in [3.63, 3.8) is 0 Å². The minimum atomic E-state index is -0.138. The molecule has 0 aromatic carbocycles. The number of nitrogens with one attached hydrogen (secondary N) is 2. The highest BCUT2D eigenvalue weighted by molar-refractivity contribution is 5.92. The number of amides is 1. The quantitative estimate of drug-likeness (QED) is 0.723. The molecule has 0 unspecified atom stereocenters. The summed E-state index contributed by atoms with van der Waals surface area (Å²) in [6.45, 7) is 1.89. The van der Waals surface area contributed by atoms with E-state index in [1.807, 2.05) is 25.1 Å². The number of methoxy groups -OCH3 is 1. The van der Waals surface area contributed by atoms with Crippen LogP contribution in [0.1, 0.15) is 37.3 Å². The van der Waals surface area contributed by atoms with Crippen LogP contribution in [0.5, 0.6) is 5.88 Å². The summed E-state index contributed by atoms with van der Waals surface area (Å²) in [5, 5.41) is 2.95. The number of aryl methyl sites for hydroxylation is 1. The van der Waals surface area contributed by atoms with E-state index >= 15 is 0 Å². The third-order valence-electron chi connectivity index (χ3n) is 5.41. The summed E-state index contributed by atoms with van der Waals surface area (Å²) in [6, 6.07) is 5.67. The number of hydrogen-bond donors (Lipinski definition) is 2. The van der Waals surface area contributed by atoms with Crippen LogP contribution in [0.15, 0.2) is 35.4 Å². The summed E-state index contributed by atoms with van der Waals surface area (Å²) in [6.07, 6.45) is 6.30. The van der Waals surface area contributed by atoms with Crippen molar-refractivity contribution in [3.8, 4) is 5.88 Å². The zero-order valence-corrected chi connectivity index (χ0v) is 15.9. The largest absolute Gasteiger partial charge is 0.481 e. The third-order valence-corrected chi connectivity index (χ3v) is 5.41. The molecule has 1 amide bonds. The average molecular weight is 381 g/mol. The van der Waals surface area contributed by atoms with Crippen molar-refractivity contribution in [2.45, 2.75) is 38.6 Å². The third kappa shape index (κ3) is 3.37. The molecule has 3 aromatic heterocycles. The monoisotopic (exact) mass is 381 g/mol. The summed E-state index contributed by atoms with van der Waals surface area (Å²) < 4.78 is 6.93. The first-order valence-electron chi connectivity index (χ1n) is 9.43. The van der Waals surface area contributed by atoms with Crippen LogP contribution >= 0.6 is 0 Å². The van der Waals surface area contributed by atoms with Crippen LogP contribution in [0, 0.1) is 12.8 Å².